The lowest BCUT2D eigenvalue weighted by atomic mass is 10.2. The predicted octanol–water partition coefficient (Wildman–Crippen LogP) is 3.32. The smallest absolute Gasteiger partial charge is 0.271 e. The van der Waals surface area contributed by atoms with Crippen LogP contribution < -0.4 is 20.3 Å². The number of hydrogen-bond acceptors (Lipinski definition) is 8. The van der Waals surface area contributed by atoms with Gasteiger partial charge in [-0.3, -0.25) is 10.2 Å². The van der Waals surface area contributed by atoms with Crippen molar-refractivity contribution in [2.24, 2.45) is 10.2 Å². The van der Waals surface area contributed by atoms with E-state index in [4.69, 9.17) is 9.47 Å². The molecule has 9 heteroatoms. The van der Waals surface area contributed by atoms with Crippen LogP contribution in [-0.2, 0) is 0 Å². The summed E-state index contributed by atoms with van der Waals surface area (Å²) in [6.45, 7) is 0. The van der Waals surface area contributed by atoms with Crippen LogP contribution in [0, 0.1) is 0 Å². The first-order valence-corrected chi connectivity index (χ1v) is 9.46. The summed E-state index contributed by atoms with van der Waals surface area (Å²) < 4.78 is 10.1. The Morgan fingerprint density at radius 3 is 2.03 bits per heavy atom. The van der Waals surface area contributed by atoms with Crippen molar-refractivity contribution in [1.29, 1.82) is 0 Å². The number of aromatic hydroxyl groups is 2. The number of carbonyl (C=O) groups is 1. The van der Waals surface area contributed by atoms with Crippen LogP contribution in [0.5, 0.6) is 23.0 Å². The molecule has 164 valence electrons. The maximum absolute atomic E-state index is 12.4. The van der Waals surface area contributed by atoms with E-state index in [9.17, 15) is 15.0 Å². The van der Waals surface area contributed by atoms with Crippen molar-refractivity contribution in [2.75, 3.05) is 19.6 Å². The third kappa shape index (κ3) is 5.76. The van der Waals surface area contributed by atoms with Crippen molar-refractivity contribution in [3.63, 3.8) is 0 Å². The third-order valence-electron chi connectivity index (χ3n) is 4.32. The van der Waals surface area contributed by atoms with Crippen LogP contribution in [0.15, 0.2) is 70.9 Å². The summed E-state index contributed by atoms with van der Waals surface area (Å²) in [4.78, 5) is 12.4. The molecule has 0 aliphatic carbocycles. The lowest BCUT2D eigenvalue weighted by Gasteiger charge is -2.05. The standard InChI is InChI=1S/C23H22N4O5/c1-31-21-10-15(6-8-19(21)28)13-24-26-18-5-3-4-17(12-18)23(30)27-25-14-16-7-9-20(29)22(11-16)32-2/h3-14,26,28-29H,1-2H3,(H,27,30)/b24-13+,25-14+. The molecule has 1 amide bonds. The van der Waals surface area contributed by atoms with E-state index in [0.717, 1.165) is 5.56 Å². The first kappa shape index (κ1) is 22.2. The fraction of sp³-hybridized carbons (Fsp3) is 0.0870. The Bertz CT molecular complexity index is 1160. The highest BCUT2D eigenvalue weighted by molar-refractivity contribution is 5.95. The third-order valence-corrected chi connectivity index (χ3v) is 4.32. The van der Waals surface area contributed by atoms with Gasteiger partial charge in [0.25, 0.3) is 5.91 Å². The highest BCUT2D eigenvalue weighted by Gasteiger charge is 2.06. The number of anilines is 1. The molecular weight excluding hydrogens is 412 g/mol. The van der Waals surface area contributed by atoms with Crippen LogP contribution in [-0.4, -0.2) is 42.8 Å². The van der Waals surface area contributed by atoms with Crippen LogP contribution in [0.25, 0.3) is 0 Å². The topological polar surface area (TPSA) is 125 Å². The van der Waals surface area contributed by atoms with Crippen molar-refractivity contribution >= 4 is 24.0 Å². The van der Waals surface area contributed by atoms with Gasteiger partial charge in [-0.1, -0.05) is 6.07 Å². The molecule has 4 N–H and O–H groups in total. The van der Waals surface area contributed by atoms with E-state index in [-0.39, 0.29) is 11.5 Å². The summed E-state index contributed by atoms with van der Waals surface area (Å²) in [7, 11) is 2.92. The summed E-state index contributed by atoms with van der Waals surface area (Å²) in [5.74, 6) is 0.320. The molecule has 0 saturated heterocycles. The number of nitrogens with one attached hydrogen (secondary N) is 2. The van der Waals surface area contributed by atoms with Crippen molar-refractivity contribution in [3.05, 3.63) is 77.4 Å². The fourth-order valence-corrected chi connectivity index (χ4v) is 2.69. The second-order valence-corrected chi connectivity index (χ2v) is 6.51. The quantitative estimate of drug-likeness (QED) is 0.318. The number of hydrazone groups is 2. The minimum absolute atomic E-state index is 0.0187. The summed E-state index contributed by atoms with van der Waals surface area (Å²) in [5, 5.41) is 27.3. The largest absolute Gasteiger partial charge is 0.504 e. The molecule has 0 unspecified atom stereocenters. The van der Waals surface area contributed by atoms with E-state index < -0.39 is 5.91 Å². The van der Waals surface area contributed by atoms with E-state index in [1.165, 1.54) is 32.6 Å². The molecule has 0 atom stereocenters. The first-order chi connectivity index (χ1) is 15.5. The first-order valence-electron chi connectivity index (χ1n) is 9.46. The van der Waals surface area contributed by atoms with Gasteiger partial charge in [0, 0.05) is 5.56 Å². The maximum Gasteiger partial charge on any atom is 0.271 e. The zero-order chi connectivity index (χ0) is 22.9. The molecule has 0 saturated carbocycles. The Balaban J connectivity index is 1.60. The van der Waals surface area contributed by atoms with Crippen LogP contribution in [0.2, 0.25) is 0 Å². The van der Waals surface area contributed by atoms with Crippen LogP contribution in [0.1, 0.15) is 21.5 Å². The number of phenols is 2. The molecular formula is C23H22N4O5. The molecule has 0 fully saturated rings. The lowest BCUT2D eigenvalue weighted by molar-refractivity contribution is 0.0955. The second kappa shape index (κ2) is 10.5. The van der Waals surface area contributed by atoms with E-state index in [2.05, 4.69) is 21.1 Å². The lowest BCUT2D eigenvalue weighted by Crippen LogP contribution is -2.17. The van der Waals surface area contributed by atoms with Gasteiger partial charge in [-0.15, -0.1) is 0 Å². The van der Waals surface area contributed by atoms with E-state index in [1.54, 1.807) is 54.7 Å². The minimum atomic E-state index is -0.400. The Kier molecular flexibility index (Phi) is 7.26. The number of amides is 1. The Labute approximate surface area is 184 Å². The van der Waals surface area contributed by atoms with Crippen LogP contribution in [0.3, 0.4) is 0 Å². The number of methoxy groups -OCH3 is 2. The number of benzene rings is 3. The zero-order valence-electron chi connectivity index (χ0n) is 17.4. The highest BCUT2D eigenvalue weighted by atomic mass is 16.5. The monoisotopic (exact) mass is 434 g/mol. The Morgan fingerprint density at radius 1 is 0.844 bits per heavy atom. The van der Waals surface area contributed by atoms with Crippen LogP contribution in [0.4, 0.5) is 5.69 Å². The number of rotatable bonds is 8. The van der Waals surface area contributed by atoms with Gasteiger partial charge in [0.05, 0.1) is 32.3 Å². The minimum Gasteiger partial charge on any atom is -0.504 e. The summed E-state index contributed by atoms with van der Waals surface area (Å²) in [6, 6.07) is 16.3. The van der Waals surface area contributed by atoms with Crippen molar-refractivity contribution < 1.29 is 24.5 Å². The predicted molar refractivity (Wildman–Crippen MR) is 122 cm³/mol. The van der Waals surface area contributed by atoms with Gasteiger partial charge in [-0.25, -0.2) is 5.43 Å². The van der Waals surface area contributed by atoms with Gasteiger partial charge in [0.2, 0.25) is 0 Å². The highest BCUT2D eigenvalue weighted by Crippen LogP contribution is 2.26. The fourth-order valence-electron chi connectivity index (χ4n) is 2.69. The van der Waals surface area contributed by atoms with E-state index in [1.807, 2.05) is 0 Å². The van der Waals surface area contributed by atoms with Gasteiger partial charge in [0.15, 0.2) is 23.0 Å². The average Bonchev–Trinajstić information content (AvgIpc) is 2.81. The summed E-state index contributed by atoms with van der Waals surface area (Å²) >= 11 is 0. The molecule has 0 spiro atoms. The van der Waals surface area contributed by atoms with Gasteiger partial charge < -0.3 is 19.7 Å². The molecule has 3 rings (SSSR count). The maximum atomic E-state index is 12.4. The van der Waals surface area contributed by atoms with E-state index >= 15 is 0 Å². The molecule has 0 heterocycles. The summed E-state index contributed by atoms with van der Waals surface area (Å²) in [6.07, 6.45) is 3.00. The SMILES string of the molecule is COc1cc(/C=N/NC(=O)c2cccc(N/N=C/c3ccc(O)c(OC)c3)c2)ccc1O. The van der Waals surface area contributed by atoms with Crippen molar-refractivity contribution in [2.45, 2.75) is 0 Å². The Hall–Kier alpha value is -4.53. The molecule has 3 aromatic rings. The molecule has 0 aliphatic rings. The van der Waals surface area contributed by atoms with E-state index in [0.29, 0.717) is 28.3 Å². The number of phenolic OH excluding ortho intramolecular Hbond substituents is 2. The van der Waals surface area contributed by atoms with Gasteiger partial charge >= 0.3 is 0 Å². The van der Waals surface area contributed by atoms with Crippen LogP contribution >= 0.6 is 0 Å². The zero-order valence-corrected chi connectivity index (χ0v) is 17.4. The number of hydrogen-bond donors (Lipinski definition) is 4. The number of carbonyl (C=O) groups excluding carboxylic acids is 1. The second-order valence-electron chi connectivity index (χ2n) is 6.51. The molecule has 0 aliphatic heterocycles. The molecule has 0 radical (unpaired) electrons. The van der Waals surface area contributed by atoms with Gasteiger partial charge in [-0.05, 0) is 65.7 Å². The van der Waals surface area contributed by atoms with Gasteiger partial charge in [0.1, 0.15) is 0 Å². The van der Waals surface area contributed by atoms with Gasteiger partial charge in [-0.2, -0.15) is 10.2 Å². The molecule has 32 heavy (non-hydrogen) atoms. The molecule has 0 bridgehead atoms. The summed E-state index contributed by atoms with van der Waals surface area (Å²) in [5.41, 5.74) is 7.66. The normalized spacial score (nSPS) is 10.9. The Morgan fingerprint density at radius 2 is 1.44 bits per heavy atom. The van der Waals surface area contributed by atoms with Crippen molar-refractivity contribution in [1.82, 2.24) is 5.43 Å². The molecule has 3 aromatic carbocycles. The average molecular weight is 434 g/mol. The molecule has 9 nitrogen and oxygen atoms in total. The number of nitrogens with zero attached hydrogens (tertiary/aromatic N) is 2. The number of ether oxygens (including phenoxy) is 2. The van der Waals surface area contributed by atoms with Crippen molar-refractivity contribution in [3.8, 4) is 23.0 Å². The molecule has 0 aromatic heterocycles.